The molecule has 0 spiro atoms. The van der Waals surface area contributed by atoms with E-state index < -0.39 is 11.9 Å². The first-order valence-electron chi connectivity index (χ1n) is 6.95. The summed E-state index contributed by atoms with van der Waals surface area (Å²) in [6, 6.07) is 4.09. The number of aromatic hydroxyl groups is 2. The van der Waals surface area contributed by atoms with Crippen LogP contribution in [0.3, 0.4) is 0 Å². The molecule has 2 amide bonds. The summed E-state index contributed by atoms with van der Waals surface area (Å²) in [5, 5.41) is 27.6. The number of aliphatic carboxylic acids is 1. The molecule has 0 saturated carbocycles. The summed E-state index contributed by atoms with van der Waals surface area (Å²) >= 11 is 0. The molecule has 22 heavy (non-hydrogen) atoms. The molecule has 2 rings (SSSR count). The van der Waals surface area contributed by atoms with Crippen LogP contribution in [0.1, 0.15) is 24.8 Å². The Labute approximate surface area is 126 Å². The Balaban J connectivity index is 2.00. The van der Waals surface area contributed by atoms with Crippen molar-refractivity contribution in [2.75, 3.05) is 6.54 Å². The van der Waals surface area contributed by atoms with Crippen molar-refractivity contribution in [2.24, 2.45) is 5.92 Å². The molecule has 1 aliphatic heterocycles. The minimum atomic E-state index is -0.968. The third-order valence-corrected chi connectivity index (χ3v) is 3.64. The molecule has 1 fully saturated rings. The van der Waals surface area contributed by atoms with E-state index in [2.05, 4.69) is 0 Å². The van der Waals surface area contributed by atoms with Crippen molar-refractivity contribution >= 4 is 17.8 Å². The fraction of sp³-hybridized carbons (Fsp3) is 0.400. The highest BCUT2D eigenvalue weighted by Gasteiger charge is 2.38. The largest absolute Gasteiger partial charge is 0.508 e. The summed E-state index contributed by atoms with van der Waals surface area (Å²) in [5.41, 5.74) is 0.483. The molecule has 3 N–H and O–H groups in total. The van der Waals surface area contributed by atoms with E-state index >= 15 is 0 Å². The summed E-state index contributed by atoms with van der Waals surface area (Å²) in [5.74, 6) is -2.39. The van der Waals surface area contributed by atoms with Crippen molar-refractivity contribution in [3.8, 4) is 11.5 Å². The zero-order chi connectivity index (χ0) is 16.3. The van der Waals surface area contributed by atoms with E-state index in [0.717, 1.165) is 4.90 Å². The second-order valence-corrected chi connectivity index (χ2v) is 5.30. The fourth-order valence-corrected chi connectivity index (χ4v) is 2.52. The van der Waals surface area contributed by atoms with Gasteiger partial charge in [-0.2, -0.15) is 0 Å². The number of carbonyl (C=O) groups is 3. The van der Waals surface area contributed by atoms with Gasteiger partial charge in [-0.3, -0.25) is 19.3 Å². The molecule has 1 saturated heterocycles. The molecule has 1 aromatic carbocycles. The van der Waals surface area contributed by atoms with Crippen LogP contribution in [0, 0.1) is 5.92 Å². The number of benzene rings is 1. The number of carboxylic acids is 1. The second-order valence-electron chi connectivity index (χ2n) is 5.30. The van der Waals surface area contributed by atoms with E-state index in [1.165, 1.54) is 18.2 Å². The fourth-order valence-electron chi connectivity index (χ4n) is 2.52. The Hall–Kier alpha value is -2.57. The van der Waals surface area contributed by atoms with Gasteiger partial charge in [0.1, 0.15) is 11.5 Å². The standard InChI is InChI=1S/C15H17NO6/c17-11-4-3-9(12(18)8-11)6-10-7-13(19)16(15(10)22)5-1-2-14(20)21/h3-4,8,10,17-18H,1-2,5-7H2,(H,20,21). The molecular formula is C15H17NO6. The van der Waals surface area contributed by atoms with Crippen LogP contribution in [0.15, 0.2) is 18.2 Å². The molecule has 1 atom stereocenters. The maximum absolute atomic E-state index is 12.2. The zero-order valence-electron chi connectivity index (χ0n) is 11.9. The first-order chi connectivity index (χ1) is 10.4. The summed E-state index contributed by atoms with van der Waals surface area (Å²) < 4.78 is 0. The molecule has 1 aliphatic rings. The second kappa shape index (κ2) is 6.46. The quantitative estimate of drug-likeness (QED) is 0.672. The van der Waals surface area contributed by atoms with Crippen molar-refractivity contribution in [3.05, 3.63) is 23.8 Å². The van der Waals surface area contributed by atoms with Crippen LogP contribution < -0.4 is 0 Å². The normalized spacial score (nSPS) is 18.0. The minimum Gasteiger partial charge on any atom is -0.508 e. The van der Waals surface area contributed by atoms with Crippen molar-refractivity contribution in [1.29, 1.82) is 0 Å². The highest BCUT2D eigenvalue weighted by atomic mass is 16.4. The molecule has 1 aromatic rings. The third kappa shape index (κ3) is 3.55. The number of phenols is 2. The maximum atomic E-state index is 12.2. The first-order valence-corrected chi connectivity index (χ1v) is 6.95. The van der Waals surface area contributed by atoms with Gasteiger partial charge in [-0.05, 0) is 24.5 Å². The number of carbonyl (C=O) groups excluding carboxylic acids is 2. The van der Waals surface area contributed by atoms with Crippen LogP contribution in [-0.4, -0.2) is 44.5 Å². The molecule has 1 heterocycles. The Bertz CT molecular complexity index is 612. The van der Waals surface area contributed by atoms with Gasteiger partial charge in [-0.1, -0.05) is 6.07 Å². The van der Waals surface area contributed by atoms with Gasteiger partial charge in [0.2, 0.25) is 11.8 Å². The number of rotatable bonds is 6. The van der Waals surface area contributed by atoms with E-state index in [0.29, 0.717) is 5.56 Å². The first kappa shape index (κ1) is 15.8. The highest BCUT2D eigenvalue weighted by Crippen LogP contribution is 2.29. The zero-order valence-corrected chi connectivity index (χ0v) is 11.9. The summed E-state index contributed by atoms with van der Waals surface area (Å²) in [7, 11) is 0. The van der Waals surface area contributed by atoms with E-state index in [9.17, 15) is 24.6 Å². The van der Waals surface area contributed by atoms with Crippen LogP contribution in [0.25, 0.3) is 0 Å². The molecule has 7 heteroatoms. The lowest BCUT2D eigenvalue weighted by Crippen LogP contribution is -2.32. The minimum absolute atomic E-state index is 0.0478. The molecular weight excluding hydrogens is 290 g/mol. The van der Waals surface area contributed by atoms with Gasteiger partial charge < -0.3 is 15.3 Å². The number of imide groups is 1. The van der Waals surface area contributed by atoms with Gasteiger partial charge in [0, 0.05) is 25.5 Å². The summed E-state index contributed by atoms with van der Waals surface area (Å²) in [6.07, 6.45) is 0.378. The number of likely N-dealkylation sites (tertiary alicyclic amines) is 1. The molecule has 118 valence electrons. The monoisotopic (exact) mass is 307 g/mol. The van der Waals surface area contributed by atoms with Crippen molar-refractivity contribution in [1.82, 2.24) is 4.90 Å². The van der Waals surface area contributed by atoms with Gasteiger partial charge in [-0.25, -0.2) is 0 Å². The Morgan fingerprint density at radius 1 is 1.27 bits per heavy atom. The van der Waals surface area contributed by atoms with Crippen LogP contribution in [0.4, 0.5) is 0 Å². The van der Waals surface area contributed by atoms with Crippen LogP contribution in [0.5, 0.6) is 11.5 Å². The van der Waals surface area contributed by atoms with Crippen molar-refractivity contribution < 1.29 is 29.7 Å². The predicted octanol–water partition coefficient (Wildman–Crippen LogP) is 0.880. The van der Waals surface area contributed by atoms with Gasteiger partial charge in [0.15, 0.2) is 0 Å². The summed E-state index contributed by atoms with van der Waals surface area (Å²) in [6.45, 7) is 0.0992. The van der Waals surface area contributed by atoms with E-state index in [1.54, 1.807) is 0 Å². The average Bonchev–Trinajstić information content (AvgIpc) is 2.69. The lowest BCUT2D eigenvalue weighted by Gasteiger charge is -2.14. The lowest BCUT2D eigenvalue weighted by molar-refractivity contribution is -0.141. The van der Waals surface area contributed by atoms with E-state index in [1.807, 2.05) is 0 Å². The lowest BCUT2D eigenvalue weighted by atomic mass is 9.97. The van der Waals surface area contributed by atoms with Gasteiger partial charge in [-0.15, -0.1) is 0 Å². The number of hydrogen-bond donors (Lipinski definition) is 3. The topological polar surface area (TPSA) is 115 Å². The van der Waals surface area contributed by atoms with Crippen LogP contribution >= 0.6 is 0 Å². The van der Waals surface area contributed by atoms with Crippen LogP contribution in [0.2, 0.25) is 0 Å². The Morgan fingerprint density at radius 2 is 2.00 bits per heavy atom. The number of amides is 2. The van der Waals surface area contributed by atoms with E-state index in [-0.39, 0.29) is 55.5 Å². The molecule has 7 nitrogen and oxygen atoms in total. The predicted molar refractivity (Wildman–Crippen MR) is 75.2 cm³/mol. The average molecular weight is 307 g/mol. The third-order valence-electron chi connectivity index (χ3n) is 3.64. The molecule has 0 aromatic heterocycles. The Kier molecular flexibility index (Phi) is 4.65. The maximum Gasteiger partial charge on any atom is 0.303 e. The van der Waals surface area contributed by atoms with Gasteiger partial charge in [0.25, 0.3) is 0 Å². The van der Waals surface area contributed by atoms with Crippen LogP contribution in [-0.2, 0) is 20.8 Å². The summed E-state index contributed by atoms with van der Waals surface area (Å²) in [4.78, 5) is 35.6. The number of nitrogens with zero attached hydrogens (tertiary/aromatic N) is 1. The van der Waals surface area contributed by atoms with Gasteiger partial charge >= 0.3 is 5.97 Å². The molecule has 0 radical (unpaired) electrons. The molecule has 0 bridgehead atoms. The Morgan fingerprint density at radius 3 is 2.64 bits per heavy atom. The van der Waals surface area contributed by atoms with Crippen molar-refractivity contribution in [2.45, 2.75) is 25.7 Å². The number of hydrogen-bond acceptors (Lipinski definition) is 5. The highest BCUT2D eigenvalue weighted by molar-refractivity contribution is 6.03. The SMILES string of the molecule is O=C(O)CCCN1C(=O)CC(Cc2ccc(O)cc2O)C1=O. The van der Waals surface area contributed by atoms with Crippen molar-refractivity contribution in [3.63, 3.8) is 0 Å². The smallest absolute Gasteiger partial charge is 0.303 e. The van der Waals surface area contributed by atoms with Gasteiger partial charge in [0.05, 0.1) is 5.92 Å². The number of phenolic OH excluding ortho intramolecular Hbond substituents is 2. The van der Waals surface area contributed by atoms with E-state index in [4.69, 9.17) is 5.11 Å². The molecule has 0 aliphatic carbocycles. The molecule has 1 unspecified atom stereocenters. The number of carboxylic acid groups (broad SMARTS) is 1.